The molecular formula is C23H31N5O3. The van der Waals surface area contributed by atoms with E-state index in [4.69, 9.17) is 14.2 Å². The standard InChI is InChI=1S/C23H31N5O3/c1-16-15-28(6-7-29-16)22-5-2-17(12-25-22)11-24-13-19-14-26-27-23(19)18-3-4-20-21(10-18)31-9-8-30-20/h2-5,10,12,16,19,23-24,26-27H,6-9,11,13-15H2,1H3. The summed E-state index contributed by atoms with van der Waals surface area (Å²) in [6, 6.07) is 10.7. The number of morpholine rings is 1. The number of hydrazine groups is 1. The van der Waals surface area contributed by atoms with E-state index in [0.29, 0.717) is 19.1 Å². The highest BCUT2D eigenvalue weighted by Crippen LogP contribution is 2.35. The van der Waals surface area contributed by atoms with Crippen LogP contribution in [0.15, 0.2) is 36.5 Å². The van der Waals surface area contributed by atoms with Gasteiger partial charge in [0.1, 0.15) is 19.0 Å². The molecule has 0 bridgehead atoms. The predicted molar refractivity (Wildman–Crippen MR) is 118 cm³/mol. The van der Waals surface area contributed by atoms with E-state index in [2.05, 4.69) is 57.2 Å². The number of rotatable bonds is 6. The lowest BCUT2D eigenvalue weighted by molar-refractivity contribution is 0.0529. The molecule has 4 heterocycles. The number of benzene rings is 1. The molecule has 3 aliphatic heterocycles. The van der Waals surface area contributed by atoms with Gasteiger partial charge in [0, 0.05) is 44.8 Å². The molecule has 0 aliphatic carbocycles. The van der Waals surface area contributed by atoms with Crippen LogP contribution < -0.4 is 30.5 Å². The fraction of sp³-hybridized carbons (Fsp3) is 0.522. The van der Waals surface area contributed by atoms with Crippen LogP contribution in [0.25, 0.3) is 0 Å². The molecule has 0 radical (unpaired) electrons. The molecule has 0 amide bonds. The number of fused-ring (bicyclic) bond motifs is 1. The third-order valence-electron chi connectivity index (χ3n) is 6.13. The summed E-state index contributed by atoms with van der Waals surface area (Å²) in [6.45, 7) is 8.51. The van der Waals surface area contributed by atoms with Crippen molar-refractivity contribution in [2.75, 3.05) is 50.9 Å². The van der Waals surface area contributed by atoms with Gasteiger partial charge in [-0.15, -0.1) is 0 Å². The summed E-state index contributed by atoms with van der Waals surface area (Å²) in [5, 5.41) is 3.60. The quantitative estimate of drug-likeness (QED) is 0.645. The smallest absolute Gasteiger partial charge is 0.161 e. The topological polar surface area (TPSA) is 79.9 Å². The van der Waals surface area contributed by atoms with Crippen molar-refractivity contribution in [3.05, 3.63) is 47.7 Å². The van der Waals surface area contributed by atoms with Gasteiger partial charge in [0.15, 0.2) is 11.5 Å². The first kappa shape index (κ1) is 20.5. The zero-order chi connectivity index (χ0) is 21.0. The second-order valence-electron chi connectivity index (χ2n) is 8.45. The maximum atomic E-state index is 5.75. The van der Waals surface area contributed by atoms with Crippen LogP contribution in [0.2, 0.25) is 0 Å². The maximum absolute atomic E-state index is 5.75. The van der Waals surface area contributed by atoms with Gasteiger partial charge in [-0.25, -0.2) is 10.4 Å². The van der Waals surface area contributed by atoms with Crippen molar-refractivity contribution < 1.29 is 14.2 Å². The van der Waals surface area contributed by atoms with Gasteiger partial charge in [-0.05, 0) is 36.2 Å². The van der Waals surface area contributed by atoms with Crippen LogP contribution in [-0.4, -0.2) is 57.1 Å². The number of hydrogen-bond donors (Lipinski definition) is 3. The van der Waals surface area contributed by atoms with Crippen molar-refractivity contribution in [2.24, 2.45) is 5.92 Å². The fourth-order valence-corrected chi connectivity index (χ4v) is 4.47. The lowest BCUT2D eigenvalue weighted by Gasteiger charge is -2.32. The molecule has 2 saturated heterocycles. The number of anilines is 1. The third kappa shape index (κ3) is 4.77. The van der Waals surface area contributed by atoms with Crippen molar-refractivity contribution in [3.8, 4) is 11.5 Å². The Bertz CT molecular complexity index is 878. The summed E-state index contributed by atoms with van der Waals surface area (Å²) >= 11 is 0. The molecule has 3 aliphatic rings. The van der Waals surface area contributed by atoms with Crippen molar-refractivity contribution >= 4 is 5.82 Å². The van der Waals surface area contributed by atoms with Crippen LogP contribution in [0, 0.1) is 5.92 Å². The normalized spacial score (nSPS) is 25.6. The Morgan fingerprint density at radius 3 is 2.87 bits per heavy atom. The number of pyridine rings is 1. The fourth-order valence-electron chi connectivity index (χ4n) is 4.47. The van der Waals surface area contributed by atoms with Crippen LogP contribution in [0.1, 0.15) is 24.1 Å². The van der Waals surface area contributed by atoms with Crippen LogP contribution in [0.5, 0.6) is 11.5 Å². The van der Waals surface area contributed by atoms with E-state index in [1.807, 2.05) is 12.3 Å². The maximum Gasteiger partial charge on any atom is 0.161 e. The Kier molecular flexibility index (Phi) is 6.22. The highest BCUT2D eigenvalue weighted by molar-refractivity contribution is 5.45. The van der Waals surface area contributed by atoms with Crippen molar-refractivity contribution in [3.63, 3.8) is 0 Å². The van der Waals surface area contributed by atoms with Gasteiger partial charge in [-0.3, -0.25) is 5.43 Å². The minimum atomic E-state index is 0.229. The molecule has 0 saturated carbocycles. The largest absolute Gasteiger partial charge is 0.486 e. The van der Waals surface area contributed by atoms with Gasteiger partial charge >= 0.3 is 0 Å². The average Bonchev–Trinajstić information content (AvgIpc) is 3.28. The predicted octanol–water partition coefficient (Wildman–Crippen LogP) is 1.63. The van der Waals surface area contributed by atoms with E-state index in [0.717, 1.165) is 56.6 Å². The monoisotopic (exact) mass is 425 g/mol. The molecule has 5 rings (SSSR count). The molecule has 0 spiro atoms. The molecule has 1 aromatic carbocycles. The second kappa shape index (κ2) is 9.40. The van der Waals surface area contributed by atoms with Crippen molar-refractivity contribution in [1.29, 1.82) is 0 Å². The molecule has 31 heavy (non-hydrogen) atoms. The Hall–Kier alpha value is -2.39. The Morgan fingerprint density at radius 2 is 2.03 bits per heavy atom. The summed E-state index contributed by atoms with van der Waals surface area (Å²) in [4.78, 5) is 6.96. The molecule has 166 valence electrons. The van der Waals surface area contributed by atoms with Crippen LogP contribution >= 0.6 is 0 Å². The van der Waals surface area contributed by atoms with Crippen LogP contribution in [0.3, 0.4) is 0 Å². The van der Waals surface area contributed by atoms with Crippen LogP contribution in [-0.2, 0) is 11.3 Å². The number of nitrogens with one attached hydrogen (secondary N) is 3. The lowest BCUT2D eigenvalue weighted by Crippen LogP contribution is -2.41. The highest BCUT2D eigenvalue weighted by Gasteiger charge is 2.29. The minimum Gasteiger partial charge on any atom is -0.486 e. The average molecular weight is 426 g/mol. The first-order chi connectivity index (χ1) is 15.3. The molecule has 3 N–H and O–H groups in total. The summed E-state index contributed by atoms with van der Waals surface area (Å²) < 4.78 is 17.0. The van der Waals surface area contributed by atoms with E-state index >= 15 is 0 Å². The first-order valence-electron chi connectivity index (χ1n) is 11.2. The molecule has 3 atom stereocenters. The summed E-state index contributed by atoms with van der Waals surface area (Å²) in [6.07, 6.45) is 2.24. The van der Waals surface area contributed by atoms with E-state index < -0.39 is 0 Å². The van der Waals surface area contributed by atoms with Gasteiger partial charge in [-0.1, -0.05) is 12.1 Å². The Labute approximate surface area is 183 Å². The highest BCUT2D eigenvalue weighted by atomic mass is 16.6. The van der Waals surface area contributed by atoms with E-state index in [1.165, 1.54) is 11.1 Å². The van der Waals surface area contributed by atoms with Crippen molar-refractivity contribution in [2.45, 2.75) is 25.6 Å². The van der Waals surface area contributed by atoms with E-state index in [9.17, 15) is 0 Å². The van der Waals surface area contributed by atoms with E-state index in [1.54, 1.807) is 0 Å². The summed E-state index contributed by atoms with van der Waals surface area (Å²) in [7, 11) is 0. The van der Waals surface area contributed by atoms with Gasteiger partial charge < -0.3 is 24.4 Å². The molecule has 1 aromatic heterocycles. The van der Waals surface area contributed by atoms with Crippen molar-refractivity contribution in [1.82, 2.24) is 21.2 Å². The second-order valence-corrected chi connectivity index (χ2v) is 8.45. The van der Waals surface area contributed by atoms with Gasteiger partial charge in [-0.2, -0.15) is 0 Å². The van der Waals surface area contributed by atoms with Gasteiger partial charge in [0.2, 0.25) is 0 Å². The molecule has 2 aromatic rings. The minimum absolute atomic E-state index is 0.229. The zero-order valence-corrected chi connectivity index (χ0v) is 18.0. The molecular weight excluding hydrogens is 394 g/mol. The molecule has 8 heteroatoms. The van der Waals surface area contributed by atoms with Crippen LogP contribution in [0.4, 0.5) is 5.82 Å². The zero-order valence-electron chi connectivity index (χ0n) is 18.0. The Morgan fingerprint density at radius 1 is 1.13 bits per heavy atom. The summed E-state index contributed by atoms with van der Waals surface area (Å²) in [5.74, 6) is 3.13. The SMILES string of the molecule is CC1CN(c2ccc(CNCC3CNNC3c3ccc4c(c3)OCCO4)cn2)CCO1. The number of ether oxygens (including phenoxy) is 3. The molecule has 2 fully saturated rings. The van der Waals surface area contributed by atoms with Gasteiger partial charge in [0.05, 0.1) is 18.8 Å². The van der Waals surface area contributed by atoms with E-state index in [-0.39, 0.29) is 12.1 Å². The number of nitrogens with zero attached hydrogens (tertiary/aromatic N) is 2. The number of aromatic nitrogens is 1. The first-order valence-corrected chi connectivity index (χ1v) is 11.2. The third-order valence-corrected chi connectivity index (χ3v) is 6.13. The number of hydrogen-bond acceptors (Lipinski definition) is 8. The molecule has 3 unspecified atom stereocenters. The molecule has 8 nitrogen and oxygen atoms in total. The van der Waals surface area contributed by atoms with Gasteiger partial charge in [0.25, 0.3) is 0 Å². The Balaban J connectivity index is 1.15. The summed E-state index contributed by atoms with van der Waals surface area (Å²) in [5.41, 5.74) is 9.13. The lowest BCUT2D eigenvalue weighted by atomic mass is 9.94.